The summed E-state index contributed by atoms with van der Waals surface area (Å²) in [5, 5.41) is 33.8. The number of hydrogen-bond donors (Lipinski definition) is 9. The van der Waals surface area contributed by atoms with Crippen molar-refractivity contribution >= 4 is 24.0 Å². The predicted octanol–water partition coefficient (Wildman–Crippen LogP) is 6.02. The van der Waals surface area contributed by atoms with Crippen molar-refractivity contribution in [3.63, 3.8) is 0 Å². The summed E-state index contributed by atoms with van der Waals surface area (Å²) in [6.07, 6.45) is 16.8. The smallest absolute Gasteiger partial charge is 0.330 e. The van der Waals surface area contributed by atoms with Gasteiger partial charge in [0.2, 0.25) is 0 Å². The van der Waals surface area contributed by atoms with E-state index in [0.29, 0.717) is 49.3 Å². The summed E-state index contributed by atoms with van der Waals surface area (Å²) in [7, 11) is 0. The molecule has 0 radical (unpaired) electrons. The van der Waals surface area contributed by atoms with Gasteiger partial charge in [-0.3, -0.25) is 42.5 Å². The Labute approximate surface area is 365 Å². The molecule has 8 bridgehead atoms. The molecule has 58 heavy (non-hydrogen) atoms. The van der Waals surface area contributed by atoms with Crippen molar-refractivity contribution < 1.29 is 59.0 Å². The third-order valence-corrected chi connectivity index (χ3v) is 15.5. The zero-order valence-corrected chi connectivity index (χ0v) is 38.4. The zero-order chi connectivity index (χ0) is 39.6. The minimum Gasteiger partial charge on any atom is -0.330 e. The molecular weight excluding hydrogens is 946 g/mol. The molecule has 0 aromatic heterocycles. The Hall–Kier alpha value is 0.363. The molecule has 9 rings (SSSR count). The van der Waals surface area contributed by atoms with Crippen LogP contribution in [0.25, 0.3) is 0 Å². The summed E-state index contributed by atoms with van der Waals surface area (Å²) in [5.41, 5.74) is 4.42. The Kier molecular flexibility index (Phi) is 15.5. The first-order valence-electron chi connectivity index (χ1n) is 21.6. The summed E-state index contributed by atoms with van der Waals surface area (Å²) in [6, 6.07) is 0. The van der Waals surface area contributed by atoms with E-state index in [2.05, 4.69) is 48.3 Å². The van der Waals surface area contributed by atoms with Crippen molar-refractivity contribution in [3.8, 4) is 0 Å². The molecular formula is C38H63F9IN9Zn. The molecule has 10 N–H and O–H groups in total. The molecule has 0 aromatic rings. The molecule has 9 fully saturated rings. The van der Waals surface area contributed by atoms with E-state index in [1.54, 1.807) is 0 Å². The van der Waals surface area contributed by atoms with Gasteiger partial charge in [0.1, 0.15) is 0 Å². The van der Waals surface area contributed by atoms with Gasteiger partial charge in [-0.15, -0.1) is 24.0 Å². The van der Waals surface area contributed by atoms with E-state index in [1.807, 2.05) is 0 Å². The Bertz CT molecular complexity index is 1150. The van der Waals surface area contributed by atoms with Crippen LogP contribution in [-0.2, 0) is 19.5 Å². The number of fused-ring (bicyclic) bond motifs is 20. The molecule has 332 valence electrons. The molecule has 5 heterocycles. The van der Waals surface area contributed by atoms with Crippen LogP contribution in [0, 0.1) is 47.3 Å². The Morgan fingerprint density at radius 3 is 0.707 bits per heavy atom. The maximum absolute atomic E-state index is 12.4. The van der Waals surface area contributed by atoms with E-state index in [4.69, 9.17) is 0 Å². The molecule has 4 saturated carbocycles. The van der Waals surface area contributed by atoms with Crippen LogP contribution in [-0.4, -0.2) is 79.8 Å². The molecule has 0 spiro atoms. The molecule has 9 nitrogen and oxygen atoms in total. The summed E-state index contributed by atoms with van der Waals surface area (Å²) >= 11 is 0. The number of nitrogens with one attached hydrogen (secondary N) is 8. The number of hydrogen-bond acceptors (Lipinski definition) is 9. The van der Waals surface area contributed by atoms with Gasteiger partial charge in [0.15, 0.2) is 0 Å². The molecule has 5 aliphatic heterocycles. The van der Waals surface area contributed by atoms with Gasteiger partial charge in [-0.1, -0.05) is 51.4 Å². The van der Waals surface area contributed by atoms with E-state index >= 15 is 0 Å². The first-order valence-corrected chi connectivity index (χ1v) is 21.6. The van der Waals surface area contributed by atoms with Gasteiger partial charge in [0.25, 0.3) is 0 Å². The maximum atomic E-state index is 12.4. The topological polar surface area (TPSA) is 122 Å². The summed E-state index contributed by atoms with van der Waals surface area (Å²) in [6.45, 7) is -1.16. The van der Waals surface area contributed by atoms with Crippen LogP contribution in [0.3, 0.4) is 0 Å². The SMILES string of the molecule is C1CCC2C3NC(NC4NC(NC5NC(NC6NC(N3)C3CCCCC63)C3CCCCC53)C3CCCCC43)C2C1.I.NCCC(F)(F)C(F)(F)C(F)(F)C(F)(F)F.[Zn]. The fraction of sp³-hybridized carbons (Fsp3) is 1.00. The summed E-state index contributed by atoms with van der Waals surface area (Å²) in [4.78, 5) is 0. The molecule has 20 heteroatoms. The Morgan fingerprint density at radius 2 is 0.552 bits per heavy atom. The molecule has 5 saturated heterocycles. The van der Waals surface area contributed by atoms with Crippen molar-refractivity contribution in [2.45, 2.75) is 182 Å². The second kappa shape index (κ2) is 18.8. The molecule has 8 atom stereocenters. The number of halogens is 10. The van der Waals surface area contributed by atoms with Gasteiger partial charge in [-0.2, -0.15) is 39.5 Å². The second-order valence-corrected chi connectivity index (χ2v) is 18.5. The van der Waals surface area contributed by atoms with Crippen LogP contribution in [0.5, 0.6) is 0 Å². The average molecular weight is 1010 g/mol. The van der Waals surface area contributed by atoms with Crippen LogP contribution < -0.4 is 48.3 Å². The number of rotatable bonds is 4. The number of nitrogens with two attached hydrogens (primary N) is 1. The maximum Gasteiger partial charge on any atom is 0.460 e. The van der Waals surface area contributed by atoms with E-state index in [-0.39, 0.29) is 43.5 Å². The molecule has 0 amide bonds. The third kappa shape index (κ3) is 8.89. The van der Waals surface area contributed by atoms with Gasteiger partial charge < -0.3 is 5.73 Å². The summed E-state index contributed by atoms with van der Waals surface area (Å²) in [5.74, 6) is -12.9. The van der Waals surface area contributed by atoms with Gasteiger partial charge in [-0.25, -0.2) is 0 Å². The van der Waals surface area contributed by atoms with Crippen molar-refractivity contribution in [3.05, 3.63) is 0 Å². The molecule has 4 aliphatic carbocycles. The standard InChI is InChI=1S/C32H56N8.C6H6F9N.HI.Zn/c1-2-10-18-17(9-1)25-33-26(18)38-28-21-13-5-6-14-22(21)30(35-28)40-32-24-16-8-7-15-23(24)31(36-32)39-29-20-12-4-3-11-19(20)27(34-29)37-25;7-3(8,1-2-16)4(9,10)5(11,12)6(13,14)15;;/h17-40H,1-16H2;1-2,16H2;1H;. The quantitative estimate of drug-likeness (QED) is 0.0947. The third-order valence-electron chi connectivity index (χ3n) is 15.5. The van der Waals surface area contributed by atoms with Gasteiger partial charge in [-0.05, 0) is 105 Å². The van der Waals surface area contributed by atoms with Crippen LogP contribution >= 0.6 is 24.0 Å². The van der Waals surface area contributed by atoms with Crippen molar-refractivity contribution in [1.29, 1.82) is 0 Å². The van der Waals surface area contributed by atoms with Crippen molar-refractivity contribution in [2.24, 2.45) is 53.1 Å². The fourth-order valence-electron chi connectivity index (χ4n) is 12.7. The van der Waals surface area contributed by atoms with E-state index in [0.717, 1.165) is 47.3 Å². The Balaban J connectivity index is 0.000000272. The van der Waals surface area contributed by atoms with Gasteiger partial charge in [0.05, 0.1) is 49.3 Å². The van der Waals surface area contributed by atoms with E-state index in [9.17, 15) is 39.5 Å². The first kappa shape index (κ1) is 47.8. The summed E-state index contributed by atoms with van der Waals surface area (Å²) < 4.78 is 108. The van der Waals surface area contributed by atoms with Crippen molar-refractivity contribution in [1.82, 2.24) is 42.5 Å². The minimum absolute atomic E-state index is 0. The second-order valence-electron chi connectivity index (χ2n) is 18.5. The van der Waals surface area contributed by atoms with Gasteiger partial charge >= 0.3 is 23.9 Å². The Morgan fingerprint density at radius 1 is 0.362 bits per heavy atom. The zero-order valence-electron chi connectivity index (χ0n) is 33.1. The van der Waals surface area contributed by atoms with E-state index in [1.165, 1.54) is 103 Å². The monoisotopic (exact) mass is 1010 g/mol. The predicted molar refractivity (Wildman–Crippen MR) is 207 cm³/mol. The van der Waals surface area contributed by atoms with Crippen LogP contribution in [0.4, 0.5) is 39.5 Å². The minimum atomic E-state index is -6.82. The first-order chi connectivity index (χ1) is 26.6. The van der Waals surface area contributed by atoms with Gasteiger partial charge in [0, 0.05) is 25.9 Å². The number of alkyl halides is 9. The largest absolute Gasteiger partial charge is 0.460 e. The molecule has 8 unspecified atom stereocenters. The average Bonchev–Trinajstić information content (AvgIpc) is 3.90. The molecule has 0 aromatic carbocycles. The van der Waals surface area contributed by atoms with Crippen molar-refractivity contribution in [2.75, 3.05) is 6.54 Å². The normalized spacial score (nSPS) is 44.0. The van der Waals surface area contributed by atoms with E-state index < -0.39 is 36.9 Å². The fourth-order valence-corrected chi connectivity index (χ4v) is 12.7. The molecule has 9 aliphatic rings. The van der Waals surface area contributed by atoms with Crippen LogP contribution in [0.15, 0.2) is 0 Å². The van der Waals surface area contributed by atoms with Crippen LogP contribution in [0.1, 0.15) is 109 Å². The van der Waals surface area contributed by atoms with Crippen LogP contribution in [0.2, 0.25) is 0 Å².